The highest BCUT2D eigenvalue weighted by Crippen LogP contribution is 2.14. The quantitative estimate of drug-likeness (QED) is 0.184. The third-order valence-corrected chi connectivity index (χ3v) is 2.67. The van der Waals surface area contributed by atoms with Crippen LogP contribution in [0.5, 0.6) is 5.75 Å². The molecule has 1 rings (SSSR count). The highest BCUT2D eigenvalue weighted by atomic mass is 16.5. The standard InChI is InChI=1S/C13H19N3O4/c14-15-13(18)10-5-4-6-11(9-10)20-8-3-1-2-7-12(17)16-19/h4-6,9,19H,1-3,7-8,14H2,(H,15,18)(H,16,17). The molecule has 0 bridgehead atoms. The van der Waals surface area contributed by atoms with Crippen LogP contribution in [0, 0.1) is 0 Å². The molecular formula is C13H19N3O4. The van der Waals surface area contributed by atoms with Crippen molar-refractivity contribution in [2.24, 2.45) is 5.84 Å². The van der Waals surface area contributed by atoms with Gasteiger partial charge in [0.1, 0.15) is 5.75 Å². The van der Waals surface area contributed by atoms with Crippen molar-refractivity contribution in [2.45, 2.75) is 25.7 Å². The Balaban J connectivity index is 2.25. The molecule has 0 fully saturated rings. The summed E-state index contributed by atoms with van der Waals surface area (Å²) in [6.45, 7) is 0.494. The van der Waals surface area contributed by atoms with Gasteiger partial charge in [-0.25, -0.2) is 11.3 Å². The van der Waals surface area contributed by atoms with Gasteiger partial charge in [0.2, 0.25) is 5.91 Å². The van der Waals surface area contributed by atoms with Gasteiger partial charge < -0.3 is 4.74 Å². The van der Waals surface area contributed by atoms with Gasteiger partial charge in [0.05, 0.1) is 6.61 Å². The third kappa shape index (κ3) is 5.68. The zero-order valence-corrected chi connectivity index (χ0v) is 11.1. The fourth-order valence-electron chi connectivity index (χ4n) is 1.62. The number of nitrogens with two attached hydrogens (primary N) is 1. The highest BCUT2D eigenvalue weighted by Gasteiger charge is 2.04. The largest absolute Gasteiger partial charge is 0.494 e. The van der Waals surface area contributed by atoms with Gasteiger partial charge >= 0.3 is 0 Å². The van der Waals surface area contributed by atoms with E-state index < -0.39 is 0 Å². The Kier molecular flexibility index (Phi) is 7.08. The van der Waals surface area contributed by atoms with Crippen LogP contribution in [-0.2, 0) is 4.79 Å². The van der Waals surface area contributed by atoms with Crippen LogP contribution in [0.3, 0.4) is 0 Å². The molecule has 0 aliphatic rings. The van der Waals surface area contributed by atoms with E-state index in [0.29, 0.717) is 30.8 Å². The minimum atomic E-state index is -0.383. The van der Waals surface area contributed by atoms with Crippen molar-refractivity contribution in [2.75, 3.05) is 6.61 Å². The summed E-state index contributed by atoms with van der Waals surface area (Å²) in [6.07, 6.45) is 2.58. The fourth-order valence-corrected chi connectivity index (χ4v) is 1.62. The zero-order chi connectivity index (χ0) is 14.8. The maximum absolute atomic E-state index is 11.3. The fraction of sp³-hybridized carbons (Fsp3) is 0.385. The number of rotatable bonds is 8. The molecule has 0 aromatic heterocycles. The summed E-state index contributed by atoms with van der Waals surface area (Å²) in [4.78, 5) is 22.1. The topological polar surface area (TPSA) is 114 Å². The van der Waals surface area contributed by atoms with Crippen LogP contribution in [0.15, 0.2) is 24.3 Å². The predicted molar refractivity (Wildman–Crippen MR) is 72.0 cm³/mol. The van der Waals surface area contributed by atoms with Crippen molar-refractivity contribution in [1.29, 1.82) is 0 Å². The lowest BCUT2D eigenvalue weighted by Crippen LogP contribution is -2.29. The molecule has 1 aromatic rings. The lowest BCUT2D eigenvalue weighted by Gasteiger charge is -2.07. The number of benzene rings is 1. The Morgan fingerprint density at radius 2 is 2.05 bits per heavy atom. The molecular weight excluding hydrogens is 262 g/mol. The number of nitrogen functional groups attached to an aromatic ring is 1. The van der Waals surface area contributed by atoms with E-state index in [0.717, 1.165) is 12.8 Å². The second kappa shape index (κ2) is 8.89. The Morgan fingerprint density at radius 1 is 1.25 bits per heavy atom. The first-order valence-electron chi connectivity index (χ1n) is 6.34. The number of amides is 2. The average Bonchev–Trinajstić information content (AvgIpc) is 2.49. The van der Waals surface area contributed by atoms with E-state index in [1.54, 1.807) is 29.7 Å². The Labute approximate surface area is 117 Å². The van der Waals surface area contributed by atoms with Gasteiger partial charge in [-0.2, -0.15) is 0 Å². The Bertz CT molecular complexity index is 451. The van der Waals surface area contributed by atoms with Gasteiger partial charge in [-0.3, -0.25) is 20.2 Å². The molecule has 7 nitrogen and oxygen atoms in total. The number of carbonyl (C=O) groups is 2. The van der Waals surface area contributed by atoms with E-state index >= 15 is 0 Å². The molecule has 0 saturated heterocycles. The summed E-state index contributed by atoms with van der Waals surface area (Å²) in [5.41, 5.74) is 4.08. The number of nitrogens with one attached hydrogen (secondary N) is 2. The van der Waals surface area contributed by atoms with E-state index in [4.69, 9.17) is 15.8 Å². The maximum atomic E-state index is 11.3. The lowest BCUT2D eigenvalue weighted by molar-refractivity contribution is -0.129. The van der Waals surface area contributed by atoms with Gasteiger partial charge in [0.15, 0.2) is 0 Å². The van der Waals surface area contributed by atoms with Gasteiger partial charge in [-0.1, -0.05) is 6.07 Å². The van der Waals surface area contributed by atoms with Crippen molar-refractivity contribution in [3.8, 4) is 5.75 Å². The van der Waals surface area contributed by atoms with Crippen LogP contribution < -0.4 is 21.5 Å². The minimum absolute atomic E-state index is 0.294. The predicted octanol–water partition coefficient (Wildman–Crippen LogP) is 0.735. The molecule has 0 heterocycles. The monoisotopic (exact) mass is 281 g/mol. The number of unbranched alkanes of at least 4 members (excludes halogenated alkanes) is 2. The lowest BCUT2D eigenvalue weighted by atomic mass is 10.2. The van der Waals surface area contributed by atoms with Gasteiger partial charge in [-0.15, -0.1) is 0 Å². The number of hydrazine groups is 1. The van der Waals surface area contributed by atoms with E-state index in [1.165, 1.54) is 0 Å². The Morgan fingerprint density at radius 3 is 2.75 bits per heavy atom. The maximum Gasteiger partial charge on any atom is 0.265 e. The summed E-state index contributed by atoms with van der Waals surface area (Å²) < 4.78 is 5.50. The first-order valence-corrected chi connectivity index (χ1v) is 6.34. The molecule has 1 aromatic carbocycles. The number of hydrogen-bond acceptors (Lipinski definition) is 5. The molecule has 0 atom stereocenters. The van der Waals surface area contributed by atoms with Crippen LogP contribution in [0.2, 0.25) is 0 Å². The van der Waals surface area contributed by atoms with E-state index in [-0.39, 0.29) is 11.8 Å². The summed E-state index contributed by atoms with van der Waals surface area (Å²) >= 11 is 0. The molecule has 2 amide bonds. The number of ether oxygens (including phenoxy) is 1. The van der Waals surface area contributed by atoms with Crippen molar-refractivity contribution in [1.82, 2.24) is 10.9 Å². The summed E-state index contributed by atoms with van der Waals surface area (Å²) in [6, 6.07) is 6.72. The third-order valence-electron chi connectivity index (χ3n) is 2.67. The zero-order valence-electron chi connectivity index (χ0n) is 11.1. The molecule has 0 saturated carbocycles. The Hall–Kier alpha value is -2.12. The first-order chi connectivity index (χ1) is 9.67. The molecule has 7 heteroatoms. The van der Waals surface area contributed by atoms with Gasteiger partial charge in [0, 0.05) is 12.0 Å². The molecule has 5 N–H and O–H groups in total. The van der Waals surface area contributed by atoms with E-state index in [9.17, 15) is 9.59 Å². The first kappa shape index (κ1) is 15.9. The molecule has 0 unspecified atom stereocenters. The molecule has 0 spiro atoms. The second-order valence-corrected chi connectivity index (χ2v) is 4.20. The normalized spacial score (nSPS) is 9.90. The van der Waals surface area contributed by atoms with Crippen LogP contribution >= 0.6 is 0 Å². The summed E-state index contributed by atoms with van der Waals surface area (Å²) in [7, 11) is 0. The second-order valence-electron chi connectivity index (χ2n) is 4.20. The number of carbonyl (C=O) groups excluding carboxylic acids is 2. The molecule has 0 aliphatic heterocycles. The van der Waals surface area contributed by atoms with Gasteiger partial charge in [-0.05, 0) is 37.5 Å². The van der Waals surface area contributed by atoms with Gasteiger partial charge in [0.25, 0.3) is 5.91 Å². The van der Waals surface area contributed by atoms with Crippen molar-refractivity contribution < 1.29 is 19.5 Å². The number of hydrogen-bond donors (Lipinski definition) is 4. The smallest absolute Gasteiger partial charge is 0.265 e. The van der Waals surface area contributed by atoms with Crippen LogP contribution in [0.1, 0.15) is 36.0 Å². The SMILES string of the molecule is NNC(=O)c1cccc(OCCCCCC(=O)NO)c1. The molecule has 0 radical (unpaired) electrons. The summed E-state index contributed by atoms with van der Waals surface area (Å²) in [5.74, 6) is 4.90. The van der Waals surface area contributed by atoms with E-state index in [2.05, 4.69) is 5.43 Å². The highest BCUT2D eigenvalue weighted by molar-refractivity contribution is 5.94. The number of hydroxylamine groups is 1. The van der Waals surface area contributed by atoms with Crippen LogP contribution in [0.4, 0.5) is 0 Å². The molecule has 0 aliphatic carbocycles. The molecule has 110 valence electrons. The van der Waals surface area contributed by atoms with Crippen molar-refractivity contribution in [3.05, 3.63) is 29.8 Å². The van der Waals surface area contributed by atoms with E-state index in [1.807, 2.05) is 0 Å². The molecule has 20 heavy (non-hydrogen) atoms. The van der Waals surface area contributed by atoms with Crippen molar-refractivity contribution >= 4 is 11.8 Å². The minimum Gasteiger partial charge on any atom is -0.494 e. The average molecular weight is 281 g/mol. The summed E-state index contributed by atoms with van der Waals surface area (Å²) in [5, 5.41) is 8.31. The van der Waals surface area contributed by atoms with Crippen LogP contribution in [-0.4, -0.2) is 23.6 Å². The van der Waals surface area contributed by atoms with Crippen LogP contribution in [0.25, 0.3) is 0 Å². The van der Waals surface area contributed by atoms with Crippen molar-refractivity contribution in [3.63, 3.8) is 0 Å².